The normalized spacial score (nSPS) is 21.4. The van der Waals surface area contributed by atoms with Gasteiger partial charge in [0.25, 0.3) is 0 Å². The molecule has 1 atom stereocenters. The van der Waals surface area contributed by atoms with Gasteiger partial charge in [0.15, 0.2) is 15.8 Å². The summed E-state index contributed by atoms with van der Waals surface area (Å²) in [6.07, 6.45) is 6.08. The van der Waals surface area contributed by atoms with Gasteiger partial charge in [0.1, 0.15) is 0 Å². The molecule has 2 fully saturated rings. The summed E-state index contributed by atoms with van der Waals surface area (Å²) in [4.78, 5) is 7.77. The minimum absolute atomic E-state index is 0.367. The highest BCUT2D eigenvalue weighted by Crippen LogP contribution is 2.31. The Morgan fingerprint density at radius 2 is 1.93 bits per heavy atom. The minimum atomic E-state index is -3.13. The molecule has 1 unspecified atom stereocenters. The van der Waals surface area contributed by atoms with Crippen LogP contribution in [0.25, 0.3) is 0 Å². The fourth-order valence-corrected chi connectivity index (χ4v) is 4.20. The monoisotopic (exact) mass is 392 g/mol. The highest BCUT2D eigenvalue weighted by atomic mass is 32.2. The molecule has 1 aromatic carbocycles. The van der Waals surface area contributed by atoms with Crippen molar-refractivity contribution in [3.05, 3.63) is 29.8 Å². The average molecular weight is 393 g/mol. The van der Waals surface area contributed by atoms with Crippen LogP contribution in [0, 0.1) is 5.92 Å². The van der Waals surface area contributed by atoms with E-state index in [0.717, 1.165) is 43.6 Å². The Bertz CT molecular complexity index is 742. The lowest BCUT2D eigenvalue weighted by Gasteiger charge is -2.15. The fraction of sp³-hybridized carbons (Fsp3) is 0.650. The maximum atomic E-state index is 11.5. The van der Waals surface area contributed by atoms with Crippen LogP contribution < -0.4 is 10.6 Å². The number of rotatable bonds is 8. The van der Waals surface area contributed by atoms with Crippen molar-refractivity contribution in [2.24, 2.45) is 10.9 Å². The van der Waals surface area contributed by atoms with Crippen molar-refractivity contribution in [2.75, 3.05) is 39.0 Å². The molecular formula is C20H32N4O2S. The van der Waals surface area contributed by atoms with Crippen LogP contribution in [0.1, 0.15) is 31.7 Å². The Hall–Kier alpha value is -1.60. The van der Waals surface area contributed by atoms with Crippen molar-refractivity contribution in [2.45, 2.75) is 43.5 Å². The second-order valence-corrected chi connectivity index (χ2v) is 9.71. The Balaban J connectivity index is 1.45. The lowest BCUT2D eigenvalue weighted by atomic mass is 10.1. The van der Waals surface area contributed by atoms with E-state index in [1.165, 1.54) is 38.6 Å². The summed E-state index contributed by atoms with van der Waals surface area (Å²) in [5, 5.41) is 6.71. The molecule has 0 radical (unpaired) electrons. The van der Waals surface area contributed by atoms with Crippen LogP contribution in [-0.2, 0) is 16.3 Å². The van der Waals surface area contributed by atoms with Gasteiger partial charge in [0, 0.05) is 38.5 Å². The third-order valence-electron chi connectivity index (χ3n) is 5.29. The second-order valence-electron chi connectivity index (χ2n) is 7.69. The Kier molecular flexibility index (Phi) is 6.76. The maximum absolute atomic E-state index is 11.5. The molecule has 3 rings (SSSR count). The molecule has 150 valence electrons. The Labute approximate surface area is 163 Å². The summed E-state index contributed by atoms with van der Waals surface area (Å²) in [6.45, 7) is 6.99. The first-order chi connectivity index (χ1) is 13.0. The summed E-state index contributed by atoms with van der Waals surface area (Å²) in [6, 6.07) is 7.98. The zero-order valence-electron chi connectivity index (χ0n) is 16.4. The molecule has 2 aliphatic rings. The van der Waals surface area contributed by atoms with Gasteiger partial charge in [-0.2, -0.15) is 0 Å². The largest absolute Gasteiger partial charge is 0.357 e. The van der Waals surface area contributed by atoms with Crippen LogP contribution >= 0.6 is 0 Å². The lowest BCUT2D eigenvalue weighted by molar-refractivity contribution is 0.315. The highest BCUT2D eigenvalue weighted by Gasteiger charge is 2.34. The van der Waals surface area contributed by atoms with E-state index in [9.17, 15) is 8.42 Å². The third-order valence-corrected chi connectivity index (χ3v) is 6.42. The molecule has 1 aliphatic heterocycles. The molecule has 2 N–H and O–H groups in total. The molecule has 6 nitrogen and oxygen atoms in total. The van der Waals surface area contributed by atoms with Crippen molar-refractivity contribution >= 4 is 15.8 Å². The number of likely N-dealkylation sites (tertiary alicyclic amines) is 1. The number of aliphatic imine (C=N–C) groups is 1. The summed E-state index contributed by atoms with van der Waals surface area (Å²) in [5.41, 5.74) is 1.11. The van der Waals surface area contributed by atoms with Gasteiger partial charge in [0.2, 0.25) is 0 Å². The van der Waals surface area contributed by atoms with Gasteiger partial charge in [-0.15, -0.1) is 0 Å². The zero-order chi connectivity index (χ0) is 19.3. The van der Waals surface area contributed by atoms with Crippen LogP contribution in [0.4, 0.5) is 0 Å². The van der Waals surface area contributed by atoms with Gasteiger partial charge < -0.3 is 15.5 Å². The summed E-state index contributed by atoms with van der Waals surface area (Å²) in [5.74, 6) is 1.54. The number of nitrogens with one attached hydrogen (secondary N) is 2. The number of sulfone groups is 1. The van der Waals surface area contributed by atoms with Gasteiger partial charge >= 0.3 is 0 Å². The molecule has 1 saturated heterocycles. The lowest BCUT2D eigenvalue weighted by Crippen LogP contribution is -2.38. The van der Waals surface area contributed by atoms with E-state index in [-0.39, 0.29) is 0 Å². The maximum Gasteiger partial charge on any atom is 0.191 e. The van der Waals surface area contributed by atoms with Crippen molar-refractivity contribution in [1.82, 2.24) is 15.5 Å². The molecule has 1 heterocycles. The molecule has 1 aromatic rings. The van der Waals surface area contributed by atoms with Gasteiger partial charge in [-0.25, -0.2) is 8.42 Å². The van der Waals surface area contributed by atoms with E-state index in [2.05, 4.69) is 22.5 Å². The van der Waals surface area contributed by atoms with Crippen molar-refractivity contribution in [3.8, 4) is 0 Å². The Morgan fingerprint density at radius 3 is 2.56 bits per heavy atom. The summed E-state index contributed by atoms with van der Waals surface area (Å²) >= 11 is 0. The summed E-state index contributed by atoms with van der Waals surface area (Å²) < 4.78 is 23.0. The number of guanidine groups is 1. The molecule has 0 bridgehead atoms. The number of hydrogen-bond donors (Lipinski definition) is 2. The molecule has 0 spiro atoms. The molecule has 0 aromatic heterocycles. The molecule has 1 saturated carbocycles. The predicted octanol–water partition coefficient (Wildman–Crippen LogP) is 1.67. The molecule has 27 heavy (non-hydrogen) atoms. The van der Waals surface area contributed by atoms with Crippen LogP contribution in [0.5, 0.6) is 0 Å². The van der Waals surface area contributed by atoms with Crippen LogP contribution in [-0.4, -0.2) is 64.3 Å². The number of benzene rings is 1. The van der Waals surface area contributed by atoms with Crippen LogP contribution in [0.15, 0.2) is 34.2 Å². The first kappa shape index (κ1) is 20.1. The number of hydrogen-bond acceptors (Lipinski definition) is 4. The van der Waals surface area contributed by atoms with Gasteiger partial charge in [-0.1, -0.05) is 12.1 Å². The first-order valence-corrected chi connectivity index (χ1v) is 11.9. The second kappa shape index (κ2) is 9.06. The van der Waals surface area contributed by atoms with Crippen molar-refractivity contribution < 1.29 is 8.42 Å². The zero-order valence-corrected chi connectivity index (χ0v) is 17.3. The van der Waals surface area contributed by atoms with Gasteiger partial charge in [-0.05, 0) is 62.8 Å². The van der Waals surface area contributed by atoms with Gasteiger partial charge in [-0.3, -0.25) is 4.99 Å². The van der Waals surface area contributed by atoms with Crippen molar-refractivity contribution in [3.63, 3.8) is 0 Å². The molecule has 0 amide bonds. The quantitative estimate of drug-likeness (QED) is 0.520. The highest BCUT2D eigenvalue weighted by molar-refractivity contribution is 7.90. The van der Waals surface area contributed by atoms with E-state index in [1.54, 1.807) is 12.1 Å². The smallest absolute Gasteiger partial charge is 0.191 e. The predicted molar refractivity (Wildman–Crippen MR) is 110 cm³/mol. The van der Waals surface area contributed by atoms with E-state index in [1.807, 2.05) is 12.1 Å². The van der Waals surface area contributed by atoms with Crippen molar-refractivity contribution in [1.29, 1.82) is 0 Å². The molecular weight excluding hydrogens is 360 g/mol. The topological polar surface area (TPSA) is 73.8 Å². The fourth-order valence-electron chi connectivity index (χ4n) is 3.57. The first-order valence-electron chi connectivity index (χ1n) is 10.0. The van der Waals surface area contributed by atoms with E-state index in [0.29, 0.717) is 10.8 Å². The third kappa shape index (κ3) is 6.21. The average Bonchev–Trinajstić information content (AvgIpc) is 3.38. The van der Waals surface area contributed by atoms with Crippen LogP contribution in [0.3, 0.4) is 0 Å². The van der Waals surface area contributed by atoms with E-state index in [4.69, 9.17) is 4.99 Å². The Morgan fingerprint density at radius 1 is 1.19 bits per heavy atom. The van der Waals surface area contributed by atoms with E-state index >= 15 is 0 Å². The standard InChI is InChI=1S/C20H32N4O2S/c1-3-21-20(23-14-17-11-13-24(15-17)18-6-7-18)22-12-10-16-4-8-19(9-5-16)27(2,25)26/h4-5,8-9,17-18H,3,6-7,10-15H2,1-2H3,(H2,21,22,23). The minimum Gasteiger partial charge on any atom is -0.357 e. The summed E-state index contributed by atoms with van der Waals surface area (Å²) in [7, 11) is -3.13. The van der Waals surface area contributed by atoms with Gasteiger partial charge in [0.05, 0.1) is 4.90 Å². The van der Waals surface area contributed by atoms with E-state index < -0.39 is 9.84 Å². The SMILES string of the molecule is CCNC(=NCC1CCN(C2CC2)C1)NCCc1ccc(S(C)(=O)=O)cc1. The molecule has 7 heteroatoms. The van der Waals surface area contributed by atoms with Crippen LogP contribution in [0.2, 0.25) is 0 Å². The number of nitrogens with zero attached hydrogens (tertiary/aromatic N) is 2. The molecule has 1 aliphatic carbocycles.